The number of aryl methyl sites for hydroxylation is 1. The molecule has 0 spiro atoms. The van der Waals surface area contributed by atoms with Crippen LogP contribution in [0.5, 0.6) is 5.75 Å². The number of rotatable bonds is 8. The molecule has 0 aliphatic carbocycles. The summed E-state index contributed by atoms with van der Waals surface area (Å²) in [7, 11) is 3.31. The van der Waals surface area contributed by atoms with Gasteiger partial charge in [0.15, 0.2) is 6.61 Å². The minimum atomic E-state index is -0.302. The van der Waals surface area contributed by atoms with Crippen LogP contribution in [0.15, 0.2) is 18.2 Å². The Kier molecular flexibility index (Phi) is 5.59. The first-order valence-corrected chi connectivity index (χ1v) is 6.53. The van der Waals surface area contributed by atoms with Crippen molar-refractivity contribution in [2.75, 3.05) is 20.3 Å². The highest BCUT2D eigenvalue weighted by molar-refractivity contribution is 5.34. The van der Waals surface area contributed by atoms with E-state index >= 15 is 0 Å². The molecule has 21 heavy (non-hydrogen) atoms. The van der Waals surface area contributed by atoms with Gasteiger partial charge < -0.3 is 14.8 Å². The molecular formula is C13H18FN5O2. The summed E-state index contributed by atoms with van der Waals surface area (Å²) >= 11 is 0. The lowest BCUT2D eigenvalue weighted by Gasteiger charge is -2.11. The van der Waals surface area contributed by atoms with Crippen LogP contribution in [0.2, 0.25) is 0 Å². The molecule has 0 radical (unpaired) electrons. The summed E-state index contributed by atoms with van der Waals surface area (Å²) in [5, 5.41) is 14.7. The topological polar surface area (TPSA) is 74.1 Å². The Morgan fingerprint density at radius 2 is 2.24 bits per heavy atom. The molecule has 114 valence electrons. The van der Waals surface area contributed by atoms with E-state index < -0.39 is 0 Å². The molecule has 0 saturated heterocycles. The van der Waals surface area contributed by atoms with Crippen molar-refractivity contribution in [3.63, 3.8) is 0 Å². The van der Waals surface area contributed by atoms with Crippen molar-refractivity contribution in [2.45, 2.75) is 13.2 Å². The number of nitrogens with zero attached hydrogens (tertiary/aromatic N) is 4. The molecule has 2 rings (SSSR count). The predicted molar refractivity (Wildman–Crippen MR) is 73.1 cm³/mol. The van der Waals surface area contributed by atoms with E-state index in [0.717, 1.165) is 5.56 Å². The molecule has 0 unspecified atom stereocenters. The van der Waals surface area contributed by atoms with Gasteiger partial charge in [-0.2, -0.15) is 4.80 Å². The maximum atomic E-state index is 13.3. The summed E-state index contributed by atoms with van der Waals surface area (Å²) < 4.78 is 23.9. The average molecular weight is 295 g/mol. The molecule has 7 nitrogen and oxygen atoms in total. The van der Waals surface area contributed by atoms with Gasteiger partial charge in [-0.1, -0.05) is 0 Å². The molecule has 0 amide bonds. The largest absolute Gasteiger partial charge is 0.485 e. The monoisotopic (exact) mass is 295 g/mol. The van der Waals surface area contributed by atoms with Crippen molar-refractivity contribution < 1.29 is 13.9 Å². The van der Waals surface area contributed by atoms with Gasteiger partial charge >= 0.3 is 0 Å². The van der Waals surface area contributed by atoms with Gasteiger partial charge in [-0.3, -0.25) is 0 Å². The zero-order chi connectivity index (χ0) is 15.1. The number of hydrogen-bond acceptors (Lipinski definition) is 6. The third-order valence-electron chi connectivity index (χ3n) is 2.73. The molecule has 0 fully saturated rings. The van der Waals surface area contributed by atoms with Crippen molar-refractivity contribution in [1.29, 1.82) is 0 Å². The Labute approximate surface area is 122 Å². The standard InChI is InChI=1S/C13H18FN5O2/c1-19-17-13(16-18-19)9-21-12-4-3-11(14)7-10(12)8-15-5-6-20-2/h3-4,7,15H,5-6,8-9H2,1-2H3. The maximum Gasteiger partial charge on any atom is 0.212 e. The molecule has 1 N–H and O–H groups in total. The number of benzene rings is 1. The number of hydrogen-bond donors (Lipinski definition) is 1. The van der Waals surface area contributed by atoms with Crippen LogP contribution < -0.4 is 10.1 Å². The van der Waals surface area contributed by atoms with Crippen LogP contribution in [0.3, 0.4) is 0 Å². The third-order valence-corrected chi connectivity index (χ3v) is 2.73. The van der Waals surface area contributed by atoms with E-state index in [1.54, 1.807) is 20.2 Å². The summed E-state index contributed by atoms with van der Waals surface area (Å²) in [6.45, 7) is 1.95. The third kappa shape index (κ3) is 4.76. The Bertz CT molecular complexity index is 575. The summed E-state index contributed by atoms with van der Waals surface area (Å²) in [6, 6.07) is 4.40. The smallest absolute Gasteiger partial charge is 0.212 e. The van der Waals surface area contributed by atoms with Gasteiger partial charge in [0.05, 0.1) is 13.7 Å². The number of methoxy groups -OCH3 is 1. The second kappa shape index (κ2) is 7.65. The first-order valence-electron chi connectivity index (χ1n) is 6.53. The quantitative estimate of drug-likeness (QED) is 0.721. The van der Waals surface area contributed by atoms with E-state index in [4.69, 9.17) is 9.47 Å². The van der Waals surface area contributed by atoms with Crippen LogP contribution in [0.1, 0.15) is 11.4 Å². The average Bonchev–Trinajstić information content (AvgIpc) is 2.88. The highest BCUT2D eigenvalue weighted by Gasteiger charge is 2.08. The lowest BCUT2D eigenvalue weighted by Crippen LogP contribution is -2.19. The molecule has 0 bridgehead atoms. The second-order valence-corrected chi connectivity index (χ2v) is 4.41. The highest BCUT2D eigenvalue weighted by Crippen LogP contribution is 2.20. The van der Waals surface area contributed by atoms with Crippen LogP contribution >= 0.6 is 0 Å². The number of aromatic nitrogens is 4. The van der Waals surface area contributed by atoms with E-state index in [2.05, 4.69) is 20.7 Å². The van der Waals surface area contributed by atoms with Gasteiger partial charge in [-0.05, 0) is 23.4 Å². The molecular weight excluding hydrogens is 277 g/mol. The Morgan fingerprint density at radius 1 is 1.38 bits per heavy atom. The lowest BCUT2D eigenvalue weighted by molar-refractivity contribution is 0.199. The van der Waals surface area contributed by atoms with Crippen LogP contribution in [-0.4, -0.2) is 40.5 Å². The van der Waals surface area contributed by atoms with Gasteiger partial charge in [0.2, 0.25) is 5.82 Å². The van der Waals surface area contributed by atoms with Gasteiger partial charge in [0, 0.05) is 25.8 Å². The van der Waals surface area contributed by atoms with Crippen LogP contribution in [0.4, 0.5) is 4.39 Å². The van der Waals surface area contributed by atoms with Crippen LogP contribution in [0.25, 0.3) is 0 Å². The fourth-order valence-corrected chi connectivity index (χ4v) is 1.75. The first-order chi connectivity index (χ1) is 10.2. The minimum Gasteiger partial charge on any atom is -0.485 e. The summed E-state index contributed by atoms with van der Waals surface area (Å²) in [4.78, 5) is 1.36. The van der Waals surface area contributed by atoms with E-state index in [9.17, 15) is 4.39 Å². The van der Waals surface area contributed by atoms with Crippen molar-refractivity contribution >= 4 is 0 Å². The second-order valence-electron chi connectivity index (χ2n) is 4.41. The molecule has 1 heterocycles. The normalized spacial score (nSPS) is 10.8. The predicted octanol–water partition coefficient (Wildman–Crippen LogP) is 0.664. The van der Waals surface area contributed by atoms with Gasteiger partial charge in [-0.15, -0.1) is 10.2 Å². The lowest BCUT2D eigenvalue weighted by atomic mass is 10.2. The van der Waals surface area contributed by atoms with E-state index in [1.807, 2.05) is 0 Å². The van der Waals surface area contributed by atoms with Crippen molar-refractivity contribution in [3.8, 4) is 5.75 Å². The molecule has 8 heteroatoms. The Balaban J connectivity index is 1.97. The van der Waals surface area contributed by atoms with Crippen molar-refractivity contribution in [2.24, 2.45) is 7.05 Å². The molecule has 1 aromatic carbocycles. The number of tetrazole rings is 1. The number of halogens is 1. The van der Waals surface area contributed by atoms with E-state index in [0.29, 0.717) is 31.3 Å². The molecule has 0 aliphatic rings. The molecule has 0 atom stereocenters. The van der Waals surface area contributed by atoms with Crippen molar-refractivity contribution in [1.82, 2.24) is 25.5 Å². The van der Waals surface area contributed by atoms with Gasteiger partial charge in [0.25, 0.3) is 0 Å². The number of nitrogens with one attached hydrogen (secondary N) is 1. The summed E-state index contributed by atoms with van der Waals surface area (Å²) in [6.07, 6.45) is 0. The SMILES string of the molecule is COCCNCc1cc(F)ccc1OCc1nnn(C)n1. The van der Waals surface area contributed by atoms with Crippen molar-refractivity contribution in [3.05, 3.63) is 35.4 Å². The fraction of sp³-hybridized carbons (Fsp3) is 0.462. The summed E-state index contributed by atoms with van der Waals surface area (Å²) in [5.74, 6) is 0.761. The van der Waals surface area contributed by atoms with E-state index in [-0.39, 0.29) is 12.4 Å². The Morgan fingerprint density at radius 3 is 2.95 bits per heavy atom. The van der Waals surface area contributed by atoms with Crippen LogP contribution in [0, 0.1) is 5.82 Å². The zero-order valence-electron chi connectivity index (χ0n) is 12.0. The highest BCUT2D eigenvalue weighted by atomic mass is 19.1. The zero-order valence-corrected chi connectivity index (χ0v) is 12.0. The van der Waals surface area contributed by atoms with Gasteiger partial charge in [0.1, 0.15) is 11.6 Å². The first kappa shape index (κ1) is 15.3. The number of ether oxygens (including phenoxy) is 2. The van der Waals surface area contributed by atoms with E-state index in [1.165, 1.54) is 16.9 Å². The molecule has 0 saturated carbocycles. The minimum absolute atomic E-state index is 0.185. The van der Waals surface area contributed by atoms with Crippen LogP contribution in [-0.2, 0) is 24.9 Å². The van der Waals surface area contributed by atoms with Gasteiger partial charge in [-0.25, -0.2) is 4.39 Å². The maximum absolute atomic E-state index is 13.3. The molecule has 2 aromatic rings. The molecule has 0 aliphatic heterocycles. The fourth-order valence-electron chi connectivity index (χ4n) is 1.75. The Hall–Kier alpha value is -2.06. The summed E-state index contributed by atoms with van der Waals surface area (Å²) in [5.41, 5.74) is 0.731. The molecule has 1 aromatic heterocycles.